The number of hydrogen-bond acceptors (Lipinski definition) is 2. The highest BCUT2D eigenvalue weighted by Gasteiger charge is 2.25. The van der Waals surface area contributed by atoms with E-state index in [1.165, 1.54) is 6.92 Å². The van der Waals surface area contributed by atoms with Crippen LogP contribution in [0.25, 0.3) is 0 Å². The highest BCUT2D eigenvalue weighted by molar-refractivity contribution is 6.02. The fourth-order valence-corrected chi connectivity index (χ4v) is 2.67. The minimum atomic E-state index is -0.307. The standard InChI is InChI=1S/C17H20O2/c1-12(18)16-10-15(11-17(16)13(2)19)9-5-8-14-6-3-4-7-14/h3-4,6-7,10-11,14,16H,5,8-9H2,1-2H3. The molecule has 0 aromatic rings. The van der Waals surface area contributed by atoms with Crippen molar-refractivity contribution in [2.24, 2.45) is 11.8 Å². The van der Waals surface area contributed by atoms with Crippen molar-refractivity contribution in [2.45, 2.75) is 33.1 Å². The van der Waals surface area contributed by atoms with Gasteiger partial charge < -0.3 is 0 Å². The first-order valence-corrected chi connectivity index (χ1v) is 6.86. The molecule has 0 bridgehead atoms. The highest BCUT2D eigenvalue weighted by Crippen LogP contribution is 2.29. The lowest BCUT2D eigenvalue weighted by molar-refractivity contribution is -0.121. The van der Waals surface area contributed by atoms with E-state index < -0.39 is 0 Å². The van der Waals surface area contributed by atoms with Gasteiger partial charge >= 0.3 is 0 Å². The summed E-state index contributed by atoms with van der Waals surface area (Å²) in [5.74, 6) is 0.312. The van der Waals surface area contributed by atoms with Crippen LogP contribution in [0, 0.1) is 11.8 Å². The molecule has 2 nitrogen and oxygen atoms in total. The van der Waals surface area contributed by atoms with Gasteiger partial charge in [0.15, 0.2) is 5.78 Å². The maximum absolute atomic E-state index is 11.5. The van der Waals surface area contributed by atoms with E-state index in [1.54, 1.807) is 6.92 Å². The lowest BCUT2D eigenvalue weighted by atomic mass is 9.96. The Kier molecular flexibility index (Phi) is 4.31. The van der Waals surface area contributed by atoms with Gasteiger partial charge in [-0.15, -0.1) is 0 Å². The third-order valence-corrected chi connectivity index (χ3v) is 3.73. The van der Waals surface area contributed by atoms with Crippen molar-refractivity contribution in [3.05, 3.63) is 47.6 Å². The van der Waals surface area contributed by atoms with Crippen molar-refractivity contribution in [3.8, 4) is 0 Å². The number of carbonyl (C=O) groups excluding carboxylic acids is 2. The third-order valence-electron chi connectivity index (χ3n) is 3.73. The monoisotopic (exact) mass is 256 g/mol. The van der Waals surface area contributed by atoms with Crippen LogP contribution in [0.1, 0.15) is 33.1 Å². The van der Waals surface area contributed by atoms with Crippen molar-refractivity contribution in [1.82, 2.24) is 0 Å². The van der Waals surface area contributed by atoms with Gasteiger partial charge in [0.2, 0.25) is 0 Å². The minimum absolute atomic E-state index is 0.00751. The molecule has 2 rings (SSSR count). The van der Waals surface area contributed by atoms with Crippen LogP contribution in [-0.4, -0.2) is 11.6 Å². The minimum Gasteiger partial charge on any atom is -0.299 e. The van der Waals surface area contributed by atoms with Crippen LogP contribution in [0.2, 0.25) is 0 Å². The first-order chi connectivity index (χ1) is 9.08. The largest absolute Gasteiger partial charge is 0.299 e. The lowest BCUT2D eigenvalue weighted by Gasteiger charge is -2.05. The SMILES string of the molecule is CC(=O)C1=CC(CCCC2C=CC=C2)=CC1C(C)=O. The molecule has 2 aliphatic carbocycles. The molecule has 0 aromatic heterocycles. The molecule has 0 aliphatic heterocycles. The zero-order valence-electron chi connectivity index (χ0n) is 11.6. The average molecular weight is 256 g/mol. The van der Waals surface area contributed by atoms with Crippen LogP contribution in [0.3, 0.4) is 0 Å². The normalized spacial score (nSPS) is 21.7. The first kappa shape index (κ1) is 13.7. The molecule has 0 aromatic carbocycles. The Labute approximate surface area is 114 Å². The fraction of sp³-hybridized carbons (Fsp3) is 0.412. The Morgan fingerprint density at radius 2 is 1.84 bits per heavy atom. The smallest absolute Gasteiger partial charge is 0.156 e. The van der Waals surface area contributed by atoms with Crippen molar-refractivity contribution < 1.29 is 9.59 Å². The molecular weight excluding hydrogens is 236 g/mol. The second-order valence-electron chi connectivity index (χ2n) is 5.31. The molecule has 1 unspecified atom stereocenters. The number of carbonyl (C=O) groups is 2. The molecule has 2 aliphatic rings. The number of Topliss-reactive ketones (excluding diaryl/α,β-unsaturated/α-hetero) is 2. The topological polar surface area (TPSA) is 34.1 Å². The molecule has 0 saturated heterocycles. The molecule has 0 N–H and O–H groups in total. The molecule has 0 fully saturated rings. The van der Waals surface area contributed by atoms with Crippen LogP contribution in [0.15, 0.2) is 47.6 Å². The molecule has 100 valence electrons. The van der Waals surface area contributed by atoms with E-state index in [4.69, 9.17) is 0 Å². The van der Waals surface area contributed by atoms with Crippen LogP contribution in [-0.2, 0) is 9.59 Å². The van der Waals surface area contributed by atoms with E-state index in [2.05, 4.69) is 24.3 Å². The second-order valence-corrected chi connectivity index (χ2v) is 5.31. The fourth-order valence-electron chi connectivity index (χ4n) is 2.67. The Morgan fingerprint density at radius 3 is 2.37 bits per heavy atom. The summed E-state index contributed by atoms with van der Waals surface area (Å²) in [6, 6.07) is 0. The Balaban J connectivity index is 1.91. The number of hydrogen-bond donors (Lipinski definition) is 0. The molecule has 1 atom stereocenters. The van der Waals surface area contributed by atoms with Gasteiger partial charge in [0, 0.05) is 5.57 Å². The number of ketones is 2. The summed E-state index contributed by atoms with van der Waals surface area (Å²) in [7, 11) is 0. The van der Waals surface area contributed by atoms with Crippen LogP contribution >= 0.6 is 0 Å². The predicted molar refractivity (Wildman–Crippen MR) is 76.6 cm³/mol. The van der Waals surface area contributed by atoms with Crippen LogP contribution < -0.4 is 0 Å². The second kappa shape index (κ2) is 5.96. The van der Waals surface area contributed by atoms with E-state index >= 15 is 0 Å². The quantitative estimate of drug-likeness (QED) is 0.728. The van der Waals surface area contributed by atoms with E-state index in [0.717, 1.165) is 24.8 Å². The highest BCUT2D eigenvalue weighted by atomic mass is 16.1. The Bertz CT molecular complexity index is 491. The van der Waals surface area contributed by atoms with Gasteiger partial charge in [0.05, 0.1) is 5.92 Å². The maximum Gasteiger partial charge on any atom is 0.156 e. The molecular formula is C17H20O2. The van der Waals surface area contributed by atoms with Crippen LogP contribution in [0.5, 0.6) is 0 Å². The summed E-state index contributed by atoms with van der Waals surface area (Å²) in [5.41, 5.74) is 1.79. The van der Waals surface area contributed by atoms with Gasteiger partial charge in [-0.3, -0.25) is 9.59 Å². The third kappa shape index (κ3) is 3.40. The van der Waals surface area contributed by atoms with E-state index in [1.807, 2.05) is 12.2 Å². The maximum atomic E-state index is 11.5. The van der Waals surface area contributed by atoms with Gasteiger partial charge in [-0.2, -0.15) is 0 Å². The lowest BCUT2D eigenvalue weighted by Crippen LogP contribution is -2.13. The zero-order chi connectivity index (χ0) is 13.8. The predicted octanol–water partition coefficient (Wildman–Crippen LogP) is 3.56. The summed E-state index contributed by atoms with van der Waals surface area (Å²) >= 11 is 0. The van der Waals surface area contributed by atoms with Gasteiger partial charge in [-0.05, 0) is 39.0 Å². The number of rotatable bonds is 6. The molecule has 2 heteroatoms. The summed E-state index contributed by atoms with van der Waals surface area (Å²) < 4.78 is 0. The Hall–Kier alpha value is -1.70. The van der Waals surface area contributed by atoms with E-state index in [0.29, 0.717) is 11.5 Å². The zero-order valence-corrected chi connectivity index (χ0v) is 11.6. The van der Waals surface area contributed by atoms with Gasteiger partial charge in [-0.1, -0.05) is 42.0 Å². The van der Waals surface area contributed by atoms with Gasteiger partial charge in [-0.25, -0.2) is 0 Å². The summed E-state index contributed by atoms with van der Waals surface area (Å²) in [4.78, 5) is 23.1. The number of allylic oxidation sites excluding steroid dienone is 8. The van der Waals surface area contributed by atoms with E-state index in [-0.39, 0.29) is 17.5 Å². The Morgan fingerprint density at radius 1 is 1.16 bits per heavy atom. The van der Waals surface area contributed by atoms with Gasteiger partial charge in [0.25, 0.3) is 0 Å². The van der Waals surface area contributed by atoms with Crippen LogP contribution in [0.4, 0.5) is 0 Å². The molecule has 0 spiro atoms. The van der Waals surface area contributed by atoms with Gasteiger partial charge in [0.1, 0.15) is 5.78 Å². The van der Waals surface area contributed by atoms with Crippen molar-refractivity contribution >= 4 is 11.6 Å². The van der Waals surface area contributed by atoms with Crippen molar-refractivity contribution in [2.75, 3.05) is 0 Å². The molecule has 19 heavy (non-hydrogen) atoms. The first-order valence-electron chi connectivity index (χ1n) is 6.86. The molecule has 0 saturated carbocycles. The van der Waals surface area contributed by atoms with Crippen molar-refractivity contribution in [3.63, 3.8) is 0 Å². The average Bonchev–Trinajstić information content (AvgIpc) is 2.97. The summed E-state index contributed by atoms with van der Waals surface area (Å²) in [5, 5.41) is 0. The van der Waals surface area contributed by atoms with Crippen molar-refractivity contribution in [1.29, 1.82) is 0 Å². The molecule has 0 amide bonds. The summed E-state index contributed by atoms with van der Waals surface area (Å²) in [6.45, 7) is 3.08. The summed E-state index contributed by atoms with van der Waals surface area (Å²) in [6.07, 6.45) is 15.6. The van der Waals surface area contributed by atoms with E-state index in [9.17, 15) is 9.59 Å². The molecule has 0 heterocycles. The molecule has 0 radical (unpaired) electrons.